The monoisotopic (exact) mass is 198 g/mol. The molecular weight excluding hydrogens is 180 g/mol. The summed E-state index contributed by atoms with van der Waals surface area (Å²) in [6.45, 7) is 1.30. The van der Waals surface area contributed by atoms with Gasteiger partial charge in [0.1, 0.15) is 0 Å². The van der Waals surface area contributed by atoms with Gasteiger partial charge in [-0.1, -0.05) is 12.2 Å². The first-order chi connectivity index (χ1) is 6.81. The SMILES string of the molecule is COCCC=CC(=O)C=CCCOC. The molecule has 0 aromatic carbocycles. The number of ketones is 1. The standard InChI is InChI=1S/C11H18O3/c1-13-9-5-3-7-11(12)8-4-6-10-14-2/h3-4,7-8H,5-6,9-10H2,1-2H3. The van der Waals surface area contributed by atoms with Gasteiger partial charge in [0.2, 0.25) is 0 Å². The fraction of sp³-hybridized carbons (Fsp3) is 0.545. The molecule has 14 heavy (non-hydrogen) atoms. The van der Waals surface area contributed by atoms with E-state index in [0.717, 1.165) is 12.8 Å². The highest BCUT2D eigenvalue weighted by Crippen LogP contribution is 1.89. The first kappa shape index (κ1) is 13.1. The Hall–Kier alpha value is -0.930. The summed E-state index contributed by atoms with van der Waals surface area (Å²) in [5.74, 6) is 0.0113. The summed E-state index contributed by atoms with van der Waals surface area (Å²) < 4.78 is 9.68. The Morgan fingerprint density at radius 3 is 1.79 bits per heavy atom. The van der Waals surface area contributed by atoms with Gasteiger partial charge in [0.05, 0.1) is 0 Å². The molecule has 3 nitrogen and oxygen atoms in total. The van der Waals surface area contributed by atoms with Gasteiger partial charge in [-0.3, -0.25) is 4.79 Å². The fourth-order valence-electron chi connectivity index (χ4n) is 0.826. The lowest BCUT2D eigenvalue weighted by atomic mass is 10.2. The van der Waals surface area contributed by atoms with Gasteiger partial charge in [0.15, 0.2) is 5.78 Å². The number of rotatable bonds is 8. The van der Waals surface area contributed by atoms with Crippen LogP contribution in [0.4, 0.5) is 0 Å². The number of carbonyl (C=O) groups is 1. The molecule has 0 rings (SSSR count). The molecule has 0 aromatic heterocycles. The molecule has 0 saturated heterocycles. The molecule has 0 atom stereocenters. The van der Waals surface area contributed by atoms with Gasteiger partial charge in [-0.15, -0.1) is 0 Å². The van der Waals surface area contributed by atoms with Gasteiger partial charge in [-0.05, 0) is 25.0 Å². The molecule has 0 aliphatic heterocycles. The number of carbonyl (C=O) groups excluding carboxylic acids is 1. The third-order valence-electron chi connectivity index (χ3n) is 1.54. The third-order valence-corrected chi connectivity index (χ3v) is 1.54. The maximum atomic E-state index is 11.1. The minimum Gasteiger partial charge on any atom is -0.384 e. The maximum Gasteiger partial charge on any atom is 0.178 e. The van der Waals surface area contributed by atoms with Crippen LogP contribution in [0, 0.1) is 0 Å². The smallest absolute Gasteiger partial charge is 0.178 e. The zero-order chi connectivity index (χ0) is 10.6. The Morgan fingerprint density at radius 2 is 1.43 bits per heavy atom. The Labute approximate surface area is 85.4 Å². The van der Waals surface area contributed by atoms with Gasteiger partial charge in [-0.25, -0.2) is 0 Å². The summed E-state index contributed by atoms with van der Waals surface area (Å²) >= 11 is 0. The summed E-state index contributed by atoms with van der Waals surface area (Å²) in [6, 6.07) is 0. The molecule has 0 fully saturated rings. The molecule has 0 saturated carbocycles. The minimum atomic E-state index is 0.0113. The van der Waals surface area contributed by atoms with Gasteiger partial charge in [-0.2, -0.15) is 0 Å². The lowest BCUT2D eigenvalue weighted by Gasteiger charge is -1.90. The molecule has 0 aromatic rings. The molecule has 0 heterocycles. The Balaban J connectivity index is 3.53. The van der Waals surface area contributed by atoms with Crippen molar-refractivity contribution in [1.29, 1.82) is 0 Å². The molecule has 3 heteroatoms. The lowest BCUT2D eigenvalue weighted by molar-refractivity contribution is -0.110. The van der Waals surface area contributed by atoms with E-state index in [9.17, 15) is 4.79 Å². The first-order valence-corrected chi connectivity index (χ1v) is 4.66. The van der Waals surface area contributed by atoms with E-state index >= 15 is 0 Å². The zero-order valence-electron chi connectivity index (χ0n) is 8.86. The predicted octanol–water partition coefficient (Wildman–Crippen LogP) is 1.74. The van der Waals surface area contributed by atoms with Gasteiger partial charge in [0.25, 0.3) is 0 Å². The summed E-state index contributed by atoms with van der Waals surface area (Å²) in [7, 11) is 3.28. The Kier molecular flexibility index (Phi) is 9.48. The van der Waals surface area contributed by atoms with Crippen molar-refractivity contribution in [2.24, 2.45) is 0 Å². The van der Waals surface area contributed by atoms with Crippen LogP contribution < -0.4 is 0 Å². The zero-order valence-corrected chi connectivity index (χ0v) is 8.86. The van der Waals surface area contributed by atoms with Crippen molar-refractivity contribution in [3.05, 3.63) is 24.3 Å². The van der Waals surface area contributed by atoms with E-state index in [1.807, 2.05) is 12.2 Å². The van der Waals surface area contributed by atoms with Crippen LogP contribution in [0.5, 0.6) is 0 Å². The minimum absolute atomic E-state index is 0.0113. The van der Waals surface area contributed by atoms with Crippen molar-refractivity contribution in [2.45, 2.75) is 12.8 Å². The fourth-order valence-corrected chi connectivity index (χ4v) is 0.826. The number of allylic oxidation sites excluding steroid dienone is 2. The summed E-state index contributed by atoms with van der Waals surface area (Å²) in [5.41, 5.74) is 0. The second kappa shape index (κ2) is 10.2. The summed E-state index contributed by atoms with van der Waals surface area (Å²) in [6.07, 6.45) is 8.28. The van der Waals surface area contributed by atoms with Crippen LogP contribution in [0.1, 0.15) is 12.8 Å². The molecule has 80 valence electrons. The molecule has 0 bridgehead atoms. The topological polar surface area (TPSA) is 35.5 Å². The van der Waals surface area contributed by atoms with Crippen LogP contribution in [0.2, 0.25) is 0 Å². The molecule has 0 radical (unpaired) electrons. The molecule has 0 spiro atoms. The predicted molar refractivity (Wildman–Crippen MR) is 56.3 cm³/mol. The molecule has 0 aliphatic rings. The highest BCUT2D eigenvalue weighted by molar-refractivity contribution is 5.99. The van der Waals surface area contributed by atoms with Crippen molar-refractivity contribution in [1.82, 2.24) is 0 Å². The molecule has 0 N–H and O–H groups in total. The highest BCUT2D eigenvalue weighted by Gasteiger charge is 1.87. The van der Waals surface area contributed by atoms with Crippen molar-refractivity contribution in [3.63, 3.8) is 0 Å². The number of hydrogen-bond acceptors (Lipinski definition) is 3. The summed E-state index contributed by atoms with van der Waals surface area (Å²) in [4.78, 5) is 11.1. The lowest BCUT2D eigenvalue weighted by Crippen LogP contribution is -1.89. The molecule has 0 unspecified atom stereocenters. The summed E-state index contributed by atoms with van der Waals surface area (Å²) in [5, 5.41) is 0. The van der Waals surface area contributed by atoms with Gasteiger partial charge >= 0.3 is 0 Å². The number of methoxy groups -OCH3 is 2. The van der Waals surface area contributed by atoms with E-state index in [4.69, 9.17) is 9.47 Å². The van der Waals surface area contributed by atoms with E-state index in [2.05, 4.69) is 0 Å². The molecule has 0 aliphatic carbocycles. The second-order valence-electron chi connectivity index (χ2n) is 2.77. The molecular formula is C11H18O3. The first-order valence-electron chi connectivity index (χ1n) is 4.66. The third kappa shape index (κ3) is 9.16. The van der Waals surface area contributed by atoms with Gasteiger partial charge in [0, 0.05) is 27.4 Å². The largest absolute Gasteiger partial charge is 0.384 e. The van der Waals surface area contributed by atoms with Crippen molar-refractivity contribution < 1.29 is 14.3 Å². The van der Waals surface area contributed by atoms with Crippen LogP contribution in [0.3, 0.4) is 0 Å². The van der Waals surface area contributed by atoms with Crippen molar-refractivity contribution in [3.8, 4) is 0 Å². The van der Waals surface area contributed by atoms with Crippen LogP contribution in [-0.4, -0.2) is 33.2 Å². The Bertz CT molecular complexity index is 175. The van der Waals surface area contributed by atoms with E-state index in [0.29, 0.717) is 13.2 Å². The van der Waals surface area contributed by atoms with Crippen molar-refractivity contribution >= 4 is 5.78 Å². The number of hydrogen-bond donors (Lipinski definition) is 0. The maximum absolute atomic E-state index is 11.1. The molecule has 0 amide bonds. The van der Waals surface area contributed by atoms with Crippen LogP contribution >= 0.6 is 0 Å². The normalized spacial score (nSPS) is 11.6. The van der Waals surface area contributed by atoms with E-state index in [-0.39, 0.29) is 5.78 Å². The highest BCUT2D eigenvalue weighted by atomic mass is 16.5. The van der Waals surface area contributed by atoms with Crippen molar-refractivity contribution in [2.75, 3.05) is 27.4 Å². The quantitative estimate of drug-likeness (QED) is 0.440. The average Bonchev–Trinajstić information content (AvgIpc) is 2.19. The second-order valence-corrected chi connectivity index (χ2v) is 2.77. The van der Waals surface area contributed by atoms with Crippen LogP contribution in [0.15, 0.2) is 24.3 Å². The van der Waals surface area contributed by atoms with E-state index in [1.165, 1.54) is 0 Å². The van der Waals surface area contributed by atoms with E-state index in [1.54, 1.807) is 26.4 Å². The Morgan fingerprint density at radius 1 is 1.00 bits per heavy atom. The van der Waals surface area contributed by atoms with Crippen LogP contribution in [0.25, 0.3) is 0 Å². The number of ether oxygens (including phenoxy) is 2. The average molecular weight is 198 g/mol. The van der Waals surface area contributed by atoms with Gasteiger partial charge < -0.3 is 9.47 Å². The van der Waals surface area contributed by atoms with Crippen LogP contribution in [-0.2, 0) is 14.3 Å². The van der Waals surface area contributed by atoms with E-state index < -0.39 is 0 Å².